The molecule has 1 aromatic carbocycles. The summed E-state index contributed by atoms with van der Waals surface area (Å²) in [5, 5.41) is 18.8. The van der Waals surface area contributed by atoms with Crippen LogP contribution in [0.15, 0.2) is 44.9 Å². The summed E-state index contributed by atoms with van der Waals surface area (Å²) in [6.07, 6.45) is 1.63. The Kier molecular flexibility index (Phi) is 4.42. The monoisotopic (exact) mass is 348 g/mol. The van der Waals surface area contributed by atoms with Crippen molar-refractivity contribution in [2.24, 2.45) is 0 Å². The van der Waals surface area contributed by atoms with E-state index in [9.17, 15) is 4.79 Å². The first kappa shape index (κ1) is 14.6. The predicted octanol–water partition coefficient (Wildman–Crippen LogP) is 3.87. The molecule has 20 heavy (non-hydrogen) atoms. The lowest BCUT2D eigenvalue weighted by atomic mass is 10.2. The molecule has 0 unspecified atom stereocenters. The first-order valence-electron chi connectivity index (χ1n) is 5.59. The van der Waals surface area contributed by atoms with E-state index in [0.717, 1.165) is 10.5 Å². The smallest absolute Gasteiger partial charge is 0.336 e. The first-order chi connectivity index (χ1) is 9.52. The Hall–Kier alpha value is -1.84. The van der Waals surface area contributed by atoms with Crippen molar-refractivity contribution in [2.75, 3.05) is 0 Å². The number of nitrogens with zero attached hydrogens (tertiary/aromatic N) is 2. The van der Waals surface area contributed by atoms with Gasteiger partial charge in [0.05, 0.1) is 11.1 Å². The Morgan fingerprint density at radius 2 is 2.20 bits per heavy atom. The van der Waals surface area contributed by atoms with Crippen molar-refractivity contribution in [1.29, 1.82) is 5.26 Å². The van der Waals surface area contributed by atoms with Crippen molar-refractivity contribution in [3.05, 3.63) is 51.6 Å². The van der Waals surface area contributed by atoms with Gasteiger partial charge in [-0.15, -0.1) is 0 Å². The van der Waals surface area contributed by atoms with Crippen LogP contribution in [0.1, 0.15) is 21.5 Å². The Labute approximate surface area is 128 Å². The fraction of sp³-hybridized carbons (Fsp3) is 0.0714. The second kappa shape index (κ2) is 6.07. The number of benzene rings is 1. The molecular formula is C14H9BrN2O2S. The molecule has 0 spiro atoms. The van der Waals surface area contributed by atoms with E-state index in [4.69, 9.17) is 10.4 Å². The summed E-state index contributed by atoms with van der Waals surface area (Å²) in [4.78, 5) is 16.0. The molecule has 0 amide bonds. The molecule has 0 saturated carbocycles. The maximum absolute atomic E-state index is 11.1. The van der Waals surface area contributed by atoms with Gasteiger partial charge in [0, 0.05) is 15.6 Å². The lowest BCUT2D eigenvalue weighted by Gasteiger charge is -2.06. The van der Waals surface area contributed by atoms with Gasteiger partial charge >= 0.3 is 5.97 Å². The number of carboxylic acid groups (broad SMARTS) is 1. The van der Waals surface area contributed by atoms with Crippen molar-refractivity contribution in [3.8, 4) is 6.07 Å². The van der Waals surface area contributed by atoms with Gasteiger partial charge < -0.3 is 5.11 Å². The summed E-state index contributed by atoms with van der Waals surface area (Å²) < 4.78 is 0.520. The Bertz CT molecular complexity index is 726. The lowest BCUT2D eigenvalue weighted by molar-refractivity contribution is 0.0695. The van der Waals surface area contributed by atoms with Gasteiger partial charge in [-0.25, -0.2) is 9.78 Å². The molecule has 6 heteroatoms. The highest BCUT2D eigenvalue weighted by molar-refractivity contribution is 9.10. The molecule has 2 rings (SSSR count). The average molecular weight is 349 g/mol. The summed E-state index contributed by atoms with van der Waals surface area (Å²) in [5.74, 6) is -1.00. The standard InChI is InChI=1S/C14H9BrN2O2S/c1-8-4-5-17-13(11(8)7-16)20-9-2-3-12(15)10(6-9)14(18)19/h2-6H,1H3,(H,18,19). The van der Waals surface area contributed by atoms with Crippen LogP contribution in [0.3, 0.4) is 0 Å². The molecule has 100 valence electrons. The minimum atomic E-state index is -1.00. The summed E-state index contributed by atoms with van der Waals surface area (Å²) in [6.45, 7) is 1.84. The SMILES string of the molecule is Cc1ccnc(Sc2ccc(Br)c(C(=O)O)c2)c1C#N. The highest BCUT2D eigenvalue weighted by Crippen LogP contribution is 2.32. The summed E-state index contributed by atoms with van der Waals surface area (Å²) in [5.41, 5.74) is 1.54. The zero-order valence-corrected chi connectivity index (χ0v) is 12.8. The number of pyridine rings is 1. The minimum Gasteiger partial charge on any atom is -0.478 e. The molecule has 0 atom stereocenters. The van der Waals surface area contributed by atoms with Crippen LogP contribution >= 0.6 is 27.7 Å². The fourth-order valence-electron chi connectivity index (χ4n) is 1.59. The Morgan fingerprint density at radius 1 is 1.45 bits per heavy atom. The third-order valence-electron chi connectivity index (χ3n) is 2.62. The van der Waals surface area contributed by atoms with Crippen molar-refractivity contribution in [1.82, 2.24) is 4.98 Å². The zero-order valence-electron chi connectivity index (χ0n) is 10.4. The molecule has 1 heterocycles. The van der Waals surface area contributed by atoms with E-state index < -0.39 is 5.97 Å². The number of rotatable bonds is 3. The van der Waals surface area contributed by atoms with E-state index in [0.29, 0.717) is 15.1 Å². The molecule has 2 aromatic rings. The van der Waals surface area contributed by atoms with Gasteiger partial charge in [0.1, 0.15) is 11.1 Å². The molecule has 0 aliphatic heterocycles. The average Bonchev–Trinajstić information content (AvgIpc) is 2.41. The van der Waals surface area contributed by atoms with Crippen LogP contribution in [0.4, 0.5) is 0 Å². The van der Waals surface area contributed by atoms with E-state index in [1.165, 1.54) is 11.8 Å². The van der Waals surface area contributed by atoms with Gasteiger partial charge in [0.15, 0.2) is 0 Å². The maximum Gasteiger partial charge on any atom is 0.336 e. The Balaban J connectivity index is 2.41. The molecule has 0 aliphatic carbocycles. The second-order valence-corrected chi connectivity index (χ2v) is 5.89. The van der Waals surface area contributed by atoms with Crippen LogP contribution in [0, 0.1) is 18.3 Å². The highest BCUT2D eigenvalue weighted by atomic mass is 79.9. The summed E-state index contributed by atoms with van der Waals surface area (Å²) in [7, 11) is 0. The number of halogens is 1. The van der Waals surface area contributed by atoms with Crippen molar-refractivity contribution < 1.29 is 9.90 Å². The third kappa shape index (κ3) is 3.00. The molecular weight excluding hydrogens is 340 g/mol. The van der Waals surface area contributed by atoms with Gasteiger partial charge in [-0.05, 0) is 52.7 Å². The molecule has 4 nitrogen and oxygen atoms in total. The summed E-state index contributed by atoms with van der Waals surface area (Å²) in [6, 6.07) is 8.91. The quantitative estimate of drug-likeness (QED) is 0.910. The first-order valence-corrected chi connectivity index (χ1v) is 7.20. The number of aryl methyl sites for hydroxylation is 1. The zero-order chi connectivity index (χ0) is 14.7. The summed E-state index contributed by atoms with van der Waals surface area (Å²) >= 11 is 4.47. The number of hydrogen-bond acceptors (Lipinski definition) is 4. The van der Waals surface area contributed by atoms with Gasteiger partial charge in [-0.2, -0.15) is 5.26 Å². The maximum atomic E-state index is 11.1. The van der Waals surface area contributed by atoms with Gasteiger partial charge in [0.25, 0.3) is 0 Å². The van der Waals surface area contributed by atoms with E-state index in [2.05, 4.69) is 27.0 Å². The number of carboxylic acids is 1. The number of aromatic carboxylic acids is 1. The molecule has 0 radical (unpaired) electrons. The molecule has 1 N–H and O–H groups in total. The lowest BCUT2D eigenvalue weighted by Crippen LogP contribution is -1.98. The van der Waals surface area contributed by atoms with E-state index in [-0.39, 0.29) is 5.56 Å². The molecule has 1 aromatic heterocycles. The van der Waals surface area contributed by atoms with Gasteiger partial charge in [-0.1, -0.05) is 11.8 Å². The van der Waals surface area contributed by atoms with Crippen LogP contribution in [0.25, 0.3) is 0 Å². The van der Waals surface area contributed by atoms with Gasteiger partial charge in [0.2, 0.25) is 0 Å². The van der Waals surface area contributed by atoms with Crippen molar-refractivity contribution in [2.45, 2.75) is 16.8 Å². The number of carbonyl (C=O) groups is 1. The fourth-order valence-corrected chi connectivity index (χ4v) is 2.96. The number of hydrogen-bond donors (Lipinski definition) is 1. The third-order valence-corrected chi connectivity index (χ3v) is 4.30. The highest BCUT2D eigenvalue weighted by Gasteiger charge is 2.12. The molecule has 0 aliphatic rings. The van der Waals surface area contributed by atoms with E-state index in [1.54, 1.807) is 30.5 Å². The molecule has 0 fully saturated rings. The molecule has 0 saturated heterocycles. The normalized spacial score (nSPS) is 10.1. The van der Waals surface area contributed by atoms with Crippen LogP contribution in [-0.4, -0.2) is 16.1 Å². The van der Waals surface area contributed by atoms with Crippen LogP contribution in [-0.2, 0) is 0 Å². The minimum absolute atomic E-state index is 0.182. The topological polar surface area (TPSA) is 74.0 Å². The van der Waals surface area contributed by atoms with E-state index >= 15 is 0 Å². The van der Waals surface area contributed by atoms with Crippen molar-refractivity contribution >= 4 is 33.7 Å². The van der Waals surface area contributed by atoms with Crippen LogP contribution in [0.2, 0.25) is 0 Å². The van der Waals surface area contributed by atoms with E-state index in [1.807, 2.05) is 6.92 Å². The molecule has 0 bridgehead atoms. The number of nitriles is 1. The number of aromatic nitrogens is 1. The predicted molar refractivity (Wildman–Crippen MR) is 78.9 cm³/mol. The van der Waals surface area contributed by atoms with Crippen LogP contribution in [0.5, 0.6) is 0 Å². The van der Waals surface area contributed by atoms with Gasteiger partial charge in [-0.3, -0.25) is 0 Å². The largest absolute Gasteiger partial charge is 0.478 e. The second-order valence-electron chi connectivity index (χ2n) is 3.97. The van der Waals surface area contributed by atoms with Crippen LogP contribution < -0.4 is 0 Å². The van der Waals surface area contributed by atoms with Crippen molar-refractivity contribution in [3.63, 3.8) is 0 Å². The Morgan fingerprint density at radius 3 is 2.85 bits per heavy atom.